The van der Waals surface area contributed by atoms with E-state index in [2.05, 4.69) is 15.3 Å². The van der Waals surface area contributed by atoms with Crippen molar-refractivity contribution in [2.45, 2.75) is 37.6 Å². The maximum absolute atomic E-state index is 12.3. The summed E-state index contributed by atoms with van der Waals surface area (Å²) in [7, 11) is 0. The summed E-state index contributed by atoms with van der Waals surface area (Å²) >= 11 is 0. The van der Waals surface area contributed by atoms with Crippen LogP contribution in [-0.4, -0.2) is 56.4 Å². The molecule has 1 aromatic rings. The molecule has 0 aromatic carbocycles. The molecule has 2 aliphatic rings. The second-order valence-electron chi connectivity index (χ2n) is 6.38. The molecular weight excluding hydrogens is 312 g/mol. The molecule has 8 heteroatoms. The lowest BCUT2D eigenvalue weighted by Gasteiger charge is -2.41. The van der Waals surface area contributed by atoms with Gasteiger partial charge < -0.3 is 15.3 Å². The van der Waals surface area contributed by atoms with Crippen molar-refractivity contribution in [3.05, 3.63) is 24.3 Å². The Morgan fingerprint density at radius 1 is 1.33 bits per heavy atom. The fraction of sp³-hybridized carbons (Fsp3) is 0.562. The molecule has 1 spiro atoms. The van der Waals surface area contributed by atoms with Gasteiger partial charge in [-0.2, -0.15) is 0 Å². The van der Waals surface area contributed by atoms with Crippen LogP contribution in [0.4, 0.5) is 0 Å². The lowest BCUT2D eigenvalue weighted by atomic mass is 9.77. The predicted octanol–water partition coefficient (Wildman–Crippen LogP) is -0.00890. The van der Waals surface area contributed by atoms with Gasteiger partial charge >= 0.3 is 5.97 Å². The second-order valence-corrected chi connectivity index (χ2v) is 6.38. The van der Waals surface area contributed by atoms with E-state index in [1.807, 2.05) is 0 Å². The number of carbonyl (C=O) groups is 3. The third-order valence-electron chi connectivity index (χ3n) is 4.96. The van der Waals surface area contributed by atoms with E-state index in [9.17, 15) is 19.5 Å². The third kappa shape index (κ3) is 3.22. The van der Waals surface area contributed by atoms with Crippen LogP contribution >= 0.6 is 0 Å². The Kier molecular flexibility index (Phi) is 4.46. The number of hydrogen-bond donors (Lipinski definition) is 2. The smallest absolute Gasteiger partial charge is 0.309 e. The van der Waals surface area contributed by atoms with Crippen molar-refractivity contribution >= 4 is 17.8 Å². The molecule has 3 heterocycles. The minimum absolute atomic E-state index is 0.0201. The Morgan fingerprint density at radius 3 is 2.71 bits per heavy atom. The first-order chi connectivity index (χ1) is 11.5. The van der Waals surface area contributed by atoms with Gasteiger partial charge in [0, 0.05) is 44.5 Å². The number of carbonyl (C=O) groups excluding carboxylic acids is 2. The number of amides is 2. The van der Waals surface area contributed by atoms with Crippen molar-refractivity contribution in [3.8, 4) is 0 Å². The Hall–Kier alpha value is -2.51. The van der Waals surface area contributed by atoms with Crippen LogP contribution in [0.2, 0.25) is 0 Å². The SMILES string of the molecule is O=C1CC(C(=O)O)C2(CCN(C(=O)CCc3cnccn3)CC2)N1. The van der Waals surface area contributed by atoms with Crippen molar-refractivity contribution in [1.82, 2.24) is 20.2 Å². The first-order valence-corrected chi connectivity index (χ1v) is 8.07. The molecule has 128 valence electrons. The average molecular weight is 332 g/mol. The molecule has 0 bridgehead atoms. The molecule has 0 aliphatic carbocycles. The number of aromatic nitrogens is 2. The zero-order valence-corrected chi connectivity index (χ0v) is 13.3. The number of nitrogens with zero attached hydrogens (tertiary/aromatic N) is 3. The Labute approximate surface area is 139 Å². The monoisotopic (exact) mass is 332 g/mol. The van der Waals surface area contributed by atoms with E-state index in [1.165, 1.54) is 0 Å². The molecule has 2 N–H and O–H groups in total. The van der Waals surface area contributed by atoms with Gasteiger partial charge in [-0.25, -0.2) is 0 Å². The number of carboxylic acid groups (broad SMARTS) is 1. The topological polar surface area (TPSA) is 112 Å². The van der Waals surface area contributed by atoms with Crippen LogP contribution in [0.5, 0.6) is 0 Å². The first kappa shape index (κ1) is 16.4. The minimum Gasteiger partial charge on any atom is -0.481 e. The number of piperidine rings is 1. The summed E-state index contributed by atoms with van der Waals surface area (Å²) in [4.78, 5) is 45.2. The van der Waals surface area contributed by atoms with E-state index >= 15 is 0 Å². The molecule has 0 radical (unpaired) electrons. The van der Waals surface area contributed by atoms with Gasteiger partial charge in [-0.1, -0.05) is 0 Å². The largest absolute Gasteiger partial charge is 0.481 e. The highest BCUT2D eigenvalue weighted by Crippen LogP contribution is 2.37. The van der Waals surface area contributed by atoms with Crippen LogP contribution < -0.4 is 5.32 Å². The standard InChI is InChI=1S/C16H20N4O4/c21-13-9-12(15(23)24)16(19-13)3-7-20(8-4-16)14(22)2-1-11-10-17-5-6-18-11/h5-6,10,12H,1-4,7-9H2,(H,19,21)(H,23,24). The van der Waals surface area contributed by atoms with Gasteiger partial charge in [-0.15, -0.1) is 0 Å². The lowest BCUT2D eigenvalue weighted by molar-refractivity contribution is -0.145. The number of aliphatic carboxylic acids is 1. The first-order valence-electron chi connectivity index (χ1n) is 8.07. The van der Waals surface area contributed by atoms with Gasteiger partial charge in [-0.3, -0.25) is 24.4 Å². The number of carboxylic acids is 1. The molecule has 1 aromatic heterocycles. The highest BCUT2D eigenvalue weighted by atomic mass is 16.4. The second kappa shape index (κ2) is 6.54. The molecule has 2 fully saturated rings. The molecule has 3 rings (SSSR count). The van der Waals surface area contributed by atoms with Crippen molar-refractivity contribution in [2.75, 3.05) is 13.1 Å². The zero-order valence-electron chi connectivity index (χ0n) is 13.3. The van der Waals surface area contributed by atoms with Crippen LogP contribution in [0.25, 0.3) is 0 Å². The van der Waals surface area contributed by atoms with Crippen LogP contribution in [0, 0.1) is 5.92 Å². The highest BCUT2D eigenvalue weighted by Gasteiger charge is 2.51. The number of nitrogens with one attached hydrogen (secondary N) is 1. The normalized spacial score (nSPS) is 22.4. The third-order valence-corrected chi connectivity index (χ3v) is 4.96. The number of rotatable bonds is 4. The molecular formula is C16H20N4O4. The predicted molar refractivity (Wildman–Crippen MR) is 82.8 cm³/mol. The maximum atomic E-state index is 12.3. The summed E-state index contributed by atoms with van der Waals surface area (Å²) in [5.74, 6) is -1.85. The fourth-order valence-electron chi connectivity index (χ4n) is 3.60. The summed E-state index contributed by atoms with van der Waals surface area (Å²) in [5, 5.41) is 12.2. The Morgan fingerprint density at radius 2 is 2.08 bits per heavy atom. The van der Waals surface area contributed by atoms with E-state index in [-0.39, 0.29) is 18.2 Å². The van der Waals surface area contributed by atoms with Gasteiger partial charge in [0.05, 0.1) is 17.2 Å². The summed E-state index contributed by atoms with van der Waals surface area (Å²) < 4.78 is 0. The highest BCUT2D eigenvalue weighted by molar-refractivity contribution is 5.88. The maximum Gasteiger partial charge on any atom is 0.309 e. The van der Waals surface area contributed by atoms with Crippen LogP contribution in [0.15, 0.2) is 18.6 Å². The van der Waals surface area contributed by atoms with E-state index in [0.29, 0.717) is 38.8 Å². The van der Waals surface area contributed by atoms with Gasteiger partial charge in [0.15, 0.2) is 0 Å². The molecule has 2 amide bonds. The quantitative estimate of drug-likeness (QED) is 0.802. The molecule has 2 saturated heterocycles. The van der Waals surface area contributed by atoms with E-state index in [1.54, 1.807) is 23.5 Å². The van der Waals surface area contributed by atoms with Crippen LogP contribution in [0.3, 0.4) is 0 Å². The van der Waals surface area contributed by atoms with Crippen LogP contribution in [0.1, 0.15) is 31.4 Å². The van der Waals surface area contributed by atoms with E-state index in [4.69, 9.17) is 0 Å². The molecule has 8 nitrogen and oxygen atoms in total. The van der Waals surface area contributed by atoms with E-state index < -0.39 is 17.4 Å². The fourth-order valence-corrected chi connectivity index (χ4v) is 3.60. The Balaban J connectivity index is 1.55. The summed E-state index contributed by atoms with van der Waals surface area (Å²) in [6, 6.07) is 0. The van der Waals surface area contributed by atoms with Gasteiger partial charge in [0.25, 0.3) is 0 Å². The number of likely N-dealkylation sites (tertiary alicyclic amines) is 1. The van der Waals surface area contributed by atoms with Crippen LogP contribution in [-0.2, 0) is 20.8 Å². The van der Waals surface area contributed by atoms with Gasteiger partial charge in [-0.05, 0) is 19.3 Å². The van der Waals surface area contributed by atoms with Crippen molar-refractivity contribution in [2.24, 2.45) is 5.92 Å². The Bertz CT molecular complexity index is 641. The molecule has 2 aliphatic heterocycles. The summed E-state index contributed by atoms with van der Waals surface area (Å²) in [5.41, 5.74) is 0.0678. The zero-order chi connectivity index (χ0) is 17.2. The number of hydrogen-bond acceptors (Lipinski definition) is 5. The lowest BCUT2D eigenvalue weighted by Crippen LogP contribution is -2.56. The van der Waals surface area contributed by atoms with E-state index in [0.717, 1.165) is 5.69 Å². The molecule has 1 atom stereocenters. The van der Waals surface area contributed by atoms with Crippen molar-refractivity contribution < 1.29 is 19.5 Å². The minimum atomic E-state index is -0.948. The summed E-state index contributed by atoms with van der Waals surface area (Å²) in [6.45, 7) is 0.923. The molecule has 1 unspecified atom stereocenters. The summed E-state index contributed by atoms with van der Waals surface area (Å²) in [6.07, 6.45) is 6.69. The molecule has 24 heavy (non-hydrogen) atoms. The van der Waals surface area contributed by atoms with Gasteiger partial charge in [0.1, 0.15) is 0 Å². The van der Waals surface area contributed by atoms with Crippen molar-refractivity contribution in [3.63, 3.8) is 0 Å². The molecule has 0 saturated carbocycles. The average Bonchev–Trinajstić information content (AvgIpc) is 2.90. The van der Waals surface area contributed by atoms with Gasteiger partial charge in [0.2, 0.25) is 11.8 Å². The van der Waals surface area contributed by atoms with Crippen molar-refractivity contribution in [1.29, 1.82) is 0 Å². The number of aryl methyl sites for hydroxylation is 1.